The fraction of sp³-hybridized carbons (Fsp3) is 0.800. The molecule has 0 aromatic carbocycles. The molecule has 2 atom stereocenters. The molecule has 58 valence electrons. The summed E-state index contributed by atoms with van der Waals surface area (Å²) in [5, 5.41) is 10.1. The number of carboxylic acid groups (broad SMARTS) is 1. The number of carbonyl (C=O) groups is 1. The Morgan fingerprint density at radius 2 is 2.30 bits per heavy atom. The maximum Gasteiger partial charge on any atom is 0.404 e. The molecule has 0 spiro atoms. The molecule has 0 saturated heterocycles. The highest BCUT2D eigenvalue weighted by molar-refractivity contribution is 5.65. The van der Waals surface area contributed by atoms with Gasteiger partial charge in [0.1, 0.15) is 0 Å². The van der Waals surface area contributed by atoms with E-state index in [9.17, 15) is 13.6 Å². The number of halogens is 2. The van der Waals surface area contributed by atoms with E-state index in [1.165, 1.54) is 0 Å². The van der Waals surface area contributed by atoms with Crippen molar-refractivity contribution in [1.82, 2.24) is 5.32 Å². The fourth-order valence-corrected chi connectivity index (χ4v) is 0.818. The summed E-state index contributed by atoms with van der Waals surface area (Å²) in [6.07, 6.45) is -3.35. The molecular weight excluding hydrogens is 144 g/mol. The molecule has 0 bridgehead atoms. The Hall–Kier alpha value is -0.870. The lowest BCUT2D eigenvalue weighted by molar-refractivity contribution is 0.118. The van der Waals surface area contributed by atoms with Gasteiger partial charge in [-0.2, -0.15) is 0 Å². The van der Waals surface area contributed by atoms with Crippen molar-refractivity contribution < 1.29 is 18.7 Å². The highest BCUT2D eigenvalue weighted by Crippen LogP contribution is 2.35. The van der Waals surface area contributed by atoms with Gasteiger partial charge in [-0.15, -0.1) is 0 Å². The maximum absolute atomic E-state index is 11.7. The largest absolute Gasteiger partial charge is 0.465 e. The Morgan fingerprint density at radius 1 is 1.70 bits per heavy atom. The minimum Gasteiger partial charge on any atom is -0.465 e. The normalized spacial score (nSPS) is 30.3. The van der Waals surface area contributed by atoms with Gasteiger partial charge < -0.3 is 10.4 Å². The van der Waals surface area contributed by atoms with Gasteiger partial charge in [0, 0.05) is 12.0 Å². The van der Waals surface area contributed by atoms with E-state index in [1.54, 1.807) is 0 Å². The van der Waals surface area contributed by atoms with E-state index in [1.807, 2.05) is 5.32 Å². The van der Waals surface area contributed by atoms with Gasteiger partial charge in [0.05, 0.1) is 0 Å². The van der Waals surface area contributed by atoms with Crippen LogP contribution in [0.4, 0.5) is 13.6 Å². The molecule has 0 heterocycles. The summed E-state index contributed by atoms with van der Waals surface area (Å²) in [6, 6.07) is -0.516. The lowest BCUT2D eigenvalue weighted by Gasteiger charge is -1.96. The Bertz CT molecular complexity index is 151. The quantitative estimate of drug-likeness (QED) is 0.616. The Labute approximate surface area is 56.0 Å². The van der Waals surface area contributed by atoms with E-state index in [0.717, 1.165) is 0 Å². The zero-order chi connectivity index (χ0) is 7.72. The zero-order valence-corrected chi connectivity index (χ0v) is 5.05. The van der Waals surface area contributed by atoms with Crippen LogP contribution in [0.3, 0.4) is 0 Å². The molecule has 3 nitrogen and oxygen atoms in total. The van der Waals surface area contributed by atoms with Gasteiger partial charge in [0.2, 0.25) is 6.43 Å². The fourth-order valence-electron chi connectivity index (χ4n) is 0.818. The molecule has 10 heavy (non-hydrogen) atoms. The van der Waals surface area contributed by atoms with Gasteiger partial charge in [0.15, 0.2) is 0 Å². The van der Waals surface area contributed by atoms with Crippen molar-refractivity contribution in [3.05, 3.63) is 0 Å². The molecule has 1 aliphatic rings. The van der Waals surface area contributed by atoms with E-state index in [-0.39, 0.29) is 6.42 Å². The van der Waals surface area contributed by atoms with Crippen LogP contribution in [0, 0.1) is 5.92 Å². The van der Waals surface area contributed by atoms with Crippen molar-refractivity contribution in [1.29, 1.82) is 0 Å². The molecule has 1 saturated carbocycles. The van der Waals surface area contributed by atoms with Crippen LogP contribution in [0.2, 0.25) is 0 Å². The summed E-state index contributed by atoms with van der Waals surface area (Å²) in [5.41, 5.74) is 0. The molecule has 0 unspecified atom stereocenters. The second-order valence-electron chi connectivity index (χ2n) is 2.29. The smallest absolute Gasteiger partial charge is 0.404 e. The van der Waals surface area contributed by atoms with E-state index in [0.29, 0.717) is 0 Å². The number of rotatable bonds is 2. The first-order chi connectivity index (χ1) is 4.61. The van der Waals surface area contributed by atoms with E-state index < -0.39 is 24.5 Å². The molecule has 2 N–H and O–H groups in total. The van der Waals surface area contributed by atoms with E-state index in [4.69, 9.17) is 5.11 Å². The van der Waals surface area contributed by atoms with Gasteiger partial charge in [0.25, 0.3) is 0 Å². The van der Waals surface area contributed by atoms with Crippen LogP contribution in [0.15, 0.2) is 0 Å². The maximum atomic E-state index is 11.7. The van der Waals surface area contributed by atoms with Gasteiger partial charge in [-0.05, 0) is 6.42 Å². The monoisotopic (exact) mass is 151 g/mol. The van der Waals surface area contributed by atoms with Crippen molar-refractivity contribution in [2.45, 2.75) is 18.9 Å². The van der Waals surface area contributed by atoms with Crippen LogP contribution in [0.1, 0.15) is 6.42 Å². The third-order valence-electron chi connectivity index (χ3n) is 1.47. The molecule has 0 radical (unpaired) electrons. The van der Waals surface area contributed by atoms with Crippen LogP contribution >= 0.6 is 0 Å². The number of amides is 1. The molecular formula is C5H7F2NO2. The summed E-state index contributed by atoms with van der Waals surface area (Å²) in [5.74, 6) is -0.754. The van der Waals surface area contributed by atoms with Gasteiger partial charge in [-0.25, -0.2) is 13.6 Å². The van der Waals surface area contributed by atoms with Crippen molar-refractivity contribution in [3.63, 3.8) is 0 Å². The molecule has 1 aliphatic carbocycles. The third kappa shape index (κ3) is 1.55. The average molecular weight is 151 g/mol. The Balaban J connectivity index is 2.19. The molecule has 0 aromatic rings. The lowest BCUT2D eigenvalue weighted by atomic mass is 10.4. The summed E-state index contributed by atoms with van der Waals surface area (Å²) in [7, 11) is 0. The molecule has 0 aliphatic heterocycles. The molecule has 0 aromatic heterocycles. The van der Waals surface area contributed by atoms with Crippen molar-refractivity contribution in [2.24, 2.45) is 5.92 Å². The number of hydrogen-bond donors (Lipinski definition) is 2. The summed E-state index contributed by atoms with van der Waals surface area (Å²) >= 11 is 0. The van der Waals surface area contributed by atoms with Crippen LogP contribution in [0.25, 0.3) is 0 Å². The molecule has 1 rings (SSSR count). The highest BCUT2D eigenvalue weighted by atomic mass is 19.3. The first-order valence-corrected chi connectivity index (χ1v) is 2.89. The van der Waals surface area contributed by atoms with Crippen LogP contribution in [0.5, 0.6) is 0 Å². The van der Waals surface area contributed by atoms with Gasteiger partial charge in [-0.3, -0.25) is 0 Å². The zero-order valence-electron chi connectivity index (χ0n) is 5.05. The minimum absolute atomic E-state index is 0.268. The predicted octanol–water partition coefficient (Wildman–Crippen LogP) is 0.908. The second-order valence-corrected chi connectivity index (χ2v) is 2.29. The topological polar surface area (TPSA) is 49.3 Å². The van der Waals surface area contributed by atoms with Gasteiger partial charge >= 0.3 is 6.09 Å². The first kappa shape index (κ1) is 7.24. The summed E-state index contributed by atoms with van der Waals surface area (Å²) in [6.45, 7) is 0. The van der Waals surface area contributed by atoms with E-state index >= 15 is 0 Å². The number of alkyl halides is 2. The Kier molecular flexibility index (Phi) is 1.74. The van der Waals surface area contributed by atoms with E-state index in [2.05, 4.69) is 0 Å². The van der Waals surface area contributed by atoms with Crippen LogP contribution in [-0.2, 0) is 0 Å². The number of nitrogens with one attached hydrogen (secondary N) is 1. The number of hydrogen-bond acceptors (Lipinski definition) is 1. The minimum atomic E-state index is -2.39. The van der Waals surface area contributed by atoms with Crippen molar-refractivity contribution in [3.8, 4) is 0 Å². The highest BCUT2D eigenvalue weighted by Gasteiger charge is 2.45. The standard InChI is InChI=1S/C5H7F2NO2/c6-4(7)2-1-3(2)8-5(9)10/h2-4,8H,1H2,(H,9,10)/t2-,3-/m1/s1. The van der Waals surface area contributed by atoms with Crippen molar-refractivity contribution in [2.75, 3.05) is 0 Å². The van der Waals surface area contributed by atoms with Crippen LogP contribution in [-0.4, -0.2) is 23.7 Å². The summed E-state index contributed by atoms with van der Waals surface area (Å²) < 4.78 is 23.4. The van der Waals surface area contributed by atoms with Gasteiger partial charge in [-0.1, -0.05) is 0 Å². The first-order valence-electron chi connectivity index (χ1n) is 2.89. The van der Waals surface area contributed by atoms with Crippen LogP contribution < -0.4 is 5.32 Å². The Morgan fingerprint density at radius 3 is 2.60 bits per heavy atom. The third-order valence-corrected chi connectivity index (χ3v) is 1.47. The predicted molar refractivity (Wildman–Crippen MR) is 29.1 cm³/mol. The molecule has 5 heteroatoms. The second kappa shape index (κ2) is 2.40. The lowest BCUT2D eigenvalue weighted by Crippen LogP contribution is -2.25. The van der Waals surface area contributed by atoms with Crippen molar-refractivity contribution >= 4 is 6.09 Å². The average Bonchev–Trinajstić information content (AvgIpc) is 2.43. The summed E-state index contributed by atoms with van der Waals surface area (Å²) in [4.78, 5) is 9.86. The molecule has 1 amide bonds. The SMILES string of the molecule is O=C(O)N[C@@H]1C[C@H]1C(F)F. The molecule has 1 fully saturated rings.